The van der Waals surface area contributed by atoms with Crippen molar-refractivity contribution < 1.29 is 18.0 Å². The van der Waals surface area contributed by atoms with E-state index in [1.54, 1.807) is 10.9 Å². The van der Waals surface area contributed by atoms with Crippen molar-refractivity contribution in [1.29, 1.82) is 0 Å². The van der Waals surface area contributed by atoms with Crippen LogP contribution in [0.5, 0.6) is 0 Å². The van der Waals surface area contributed by atoms with Crippen molar-refractivity contribution in [3.05, 3.63) is 95.4 Å². The Morgan fingerprint density at radius 1 is 1.14 bits per heavy atom. The average Bonchev–Trinajstić information content (AvgIpc) is 3.52. The zero-order valence-electron chi connectivity index (χ0n) is 18.8. The van der Waals surface area contributed by atoms with Gasteiger partial charge in [-0.05, 0) is 36.2 Å². The summed E-state index contributed by atoms with van der Waals surface area (Å²) in [7, 11) is 0. The van der Waals surface area contributed by atoms with E-state index in [4.69, 9.17) is 0 Å². The van der Waals surface area contributed by atoms with Gasteiger partial charge < -0.3 is 10.6 Å². The normalized spacial score (nSPS) is 17.5. The lowest BCUT2D eigenvalue weighted by Gasteiger charge is -2.33. The van der Waals surface area contributed by atoms with Crippen LogP contribution in [0.2, 0.25) is 0 Å². The molecular formula is C25H23F3N6O. The summed E-state index contributed by atoms with van der Waals surface area (Å²) in [5.41, 5.74) is 3.42. The van der Waals surface area contributed by atoms with Gasteiger partial charge in [0.05, 0.1) is 11.7 Å². The molecule has 0 fully saturated rings. The molecule has 10 heteroatoms. The molecule has 35 heavy (non-hydrogen) atoms. The number of fused-ring (bicyclic) bond motifs is 1. The third kappa shape index (κ3) is 4.77. The van der Waals surface area contributed by atoms with Gasteiger partial charge in [0.15, 0.2) is 11.7 Å². The van der Waals surface area contributed by atoms with Crippen molar-refractivity contribution in [2.75, 3.05) is 5.32 Å². The number of anilines is 1. The molecule has 1 aliphatic heterocycles. The number of carbonyl (C=O) groups is 1. The van der Waals surface area contributed by atoms with Crippen molar-refractivity contribution >= 4 is 11.7 Å². The number of carbonyl (C=O) groups excluding carboxylic acids is 1. The first-order valence-electron chi connectivity index (χ1n) is 11.1. The number of amides is 1. The van der Waals surface area contributed by atoms with Crippen LogP contribution in [0.15, 0.2) is 73.1 Å². The minimum atomic E-state index is -4.50. The van der Waals surface area contributed by atoms with Gasteiger partial charge >= 0.3 is 6.18 Å². The lowest BCUT2D eigenvalue weighted by molar-refractivity contribution is -0.173. The first kappa shape index (κ1) is 22.7. The van der Waals surface area contributed by atoms with E-state index in [-0.39, 0.29) is 24.5 Å². The highest BCUT2D eigenvalue weighted by atomic mass is 19.4. The molecule has 2 atom stereocenters. The van der Waals surface area contributed by atoms with Crippen LogP contribution >= 0.6 is 0 Å². The predicted octanol–water partition coefficient (Wildman–Crippen LogP) is 4.97. The Morgan fingerprint density at radius 3 is 2.54 bits per heavy atom. The fourth-order valence-corrected chi connectivity index (χ4v) is 4.16. The summed E-state index contributed by atoms with van der Waals surface area (Å²) in [5.74, 6) is -0.379. The summed E-state index contributed by atoms with van der Waals surface area (Å²) in [5, 5.41) is 14.0. The van der Waals surface area contributed by atoms with Crippen molar-refractivity contribution in [3.63, 3.8) is 0 Å². The maximum Gasteiger partial charge on any atom is 0.410 e. The first-order chi connectivity index (χ1) is 16.8. The second-order valence-corrected chi connectivity index (χ2v) is 8.56. The number of hydrogen-bond donors (Lipinski definition) is 2. The van der Waals surface area contributed by atoms with Gasteiger partial charge in [-0.2, -0.15) is 23.4 Å². The summed E-state index contributed by atoms with van der Waals surface area (Å²) >= 11 is 0. The number of alkyl halides is 3. The molecule has 0 spiro atoms. The molecule has 2 N–H and O–H groups in total. The summed E-state index contributed by atoms with van der Waals surface area (Å²) < 4.78 is 44.3. The summed E-state index contributed by atoms with van der Waals surface area (Å²) in [6.45, 7) is 2.13. The van der Waals surface area contributed by atoms with Crippen LogP contribution in [0.25, 0.3) is 5.69 Å². The van der Waals surface area contributed by atoms with Crippen LogP contribution in [0.4, 0.5) is 19.0 Å². The van der Waals surface area contributed by atoms with E-state index in [1.807, 2.05) is 67.7 Å². The molecule has 0 radical (unpaired) electrons. The van der Waals surface area contributed by atoms with Crippen molar-refractivity contribution in [2.24, 2.45) is 0 Å². The van der Waals surface area contributed by atoms with E-state index in [1.165, 1.54) is 6.07 Å². The van der Waals surface area contributed by atoms with Gasteiger partial charge in [-0.25, -0.2) is 9.36 Å². The number of benzene rings is 2. The van der Waals surface area contributed by atoms with E-state index in [9.17, 15) is 18.0 Å². The summed E-state index contributed by atoms with van der Waals surface area (Å²) in [4.78, 5) is 12.7. The second kappa shape index (κ2) is 8.94. The molecule has 0 aliphatic carbocycles. The Hall–Kier alpha value is -4.08. The van der Waals surface area contributed by atoms with E-state index in [0.717, 1.165) is 27.1 Å². The molecule has 0 unspecified atom stereocenters. The van der Waals surface area contributed by atoms with Crippen LogP contribution in [0.1, 0.15) is 45.7 Å². The molecule has 0 bridgehead atoms. The number of nitrogens with zero attached hydrogens (tertiary/aromatic N) is 4. The van der Waals surface area contributed by atoms with Crippen molar-refractivity contribution in [2.45, 2.75) is 38.1 Å². The molecule has 2 aromatic carbocycles. The molecule has 7 nitrogen and oxygen atoms in total. The molecule has 3 heterocycles. The van der Waals surface area contributed by atoms with E-state index < -0.39 is 24.2 Å². The van der Waals surface area contributed by atoms with Crippen molar-refractivity contribution in [1.82, 2.24) is 24.9 Å². The van der Waals surface area contributed by atoms with Crippen LogP contribution < -0.4 is 10.6 Å². The van der Waals surface area contributed by atoms with E-state index in [0.29, 0.717) is 0 Å². The lowest BCUT2D eigenvalue weighted by atomic mass is 9.96. The monoisotopic (exact) mass is 480 g/mol. The molecular weight excluding hydrogens is 457 g/mol. The Balaban J connectivity index is 1.31. The lowest BCUT2D eigenvalue weighted by Crippen LogP contribution is -2.35. The third-order valence-electron chi connectivity index (χ3n) is 6.06. The molecule has 4 aromatic rings. The van der Waals surface area contributed by atoms with Gasteiger partial charge in [-0.15, -0.1) is 0 Å². The number of hydrogen-bond acceptors (Lipinski definition) is 4. The first-order valence-corrected chi connectivity index (χ1v) is 11.1. The van der Waals surface area contributed by atoms with Crippen molar-refractivity contribution in [3.8, 4) is 5.69 Å². The molecule has 5 rings (SSSR count). The second-order valence-electron chi connectivity index (χ2n) is 8.56. The van der Waals surface area contributed by atoms with Crippen LogP contribution in [-0.2, 0) is 6.54 Å². The highest BCUT2D eigenvalue weighted by molar-refractivity contribution is 5.93. The van der Waals surface area contributed by atoms with Crippen LogP contribution in [-0.4, -0.2) is 31.6 Å². The Kier molecular flexibility index (Phi) is 5.80. The summed E-state index contributed by atoms with van der Waals surface area (Å²) in [6.07, 6.45) is -1.22. The highest BCUT2D eigenvalue weighted by Gasteiger charge is 2.46. The third-order valence-corrected chi connectivity index (χ3v) is 6.06. The standard InChI is InChI=1S/C25H23F3N6O/c1-16-3-7-18(8-4-16)20-13-22(25(26,27)28)34-23(31-20)14-21(32-34)24(35)29-15-17-5-9-19(10-6-17)33-12-2-11-30-33/h2-12,14,20,22,31H,13,15H2,1H3,(H,29,35)/t20-,22-/m0/s1. The number of aryl methyl sites for hydroxylation is 1. The van der Waals surface area contributed by atoms with Gasteiger partial charge in [-0.3, -0.25) is 4.79 Å². The molecule has 0 saturated carbocycles. The Bertz CT molecular complexity index is 1310. The maximum atomic E-state index is 13.9. The predicted molar refractivity (Wildman–Crippen MR) is 124 cm³/mol. The fourth-order valence-electron chi connectivity index (χ4n) is 4.16. The largest absolute Gasteiger partial charge is 0.410 e. The van der Waals surface area contributed by atoms with Gasteiger partial charge in [0.25, 0.3) is 5.91 Å². The minimum Gasteiger partial charge on any atom is -0.363 e. The van der Waals surface area contributed by atoms with Gasteiger partial charge in [-0.1, -0.05) is 42.0 Å². The maximum absolute atomic E-state index is 13.9. The number of aromatic nitrogens is 4. The molecule has 0 saturated heterocycles. The van der Waals surface area contributed by atoms with Crippen LogP contribution in [0, 0.1) is 6.92 Å². The number of rotatable bonds is 5. The smallest absolute Gasteiger partial charge is 0.363 e. The van der Waals surface area contributed by atoms with Gasteiger partial charge in [0, 0.05) is 31.4 Å². The van der Waals surface area contributed by atoms with Gasteiger partial charge in [0.2, 0.25) is 0 Å². The minimum absolute atomic E-state index is 0.0699. The Labute approximate surface area is 199 Å². The fraction of sp³-hybridized carbons (Fsp3) is 0.240. The quantitative estimate of drug-likeness (QED) is 0.423. The van der Waals surface area contributed by atoms with E-state index in [2.05, 4.69) is 20.8 Å². The van der Waals surface area contributed by atoms with E-state index >= 15 is 0 Å². The van der Waals surface area contributed by atoms with Crippen LogP contribution in [0.3, 0.4) is 0 Å². The average molecular weight is 480 g/mol. The number of nitrogens with one attached hydrogen (secondary N) is 2. The SMILES string of the molecule is Cc1ccc([C@@H]2C[C@@H](C(F)(F)F)n3nc(C(=O)NCc4ccc(-n5cccn5)cc4)cc3N2)cc1. The number of halogens is 3. The molecule has 1 amide bonds. The Morgan fingerprint density at radius 2 is 1.89 bits per heavy atom. The topological polar surface area (TPSA) is 76.8 Å². The zero-order valence-corrected chi connectivity index (χ0v) is 18.8. The molecule has 1 aliphatic rings. The summed E-state index contributed by atoms with van der Waals surface area (Å²) in [6, 6.07) is 15.6. The zero-order chi connectivity index (χ0) is 24.6. The van der Waals surface area contributed by atoms with Gasteiger partial charge in [0.1, 0.15) is 5.82 Å². The highest BCUT2D eigenvalue weighted by Crippen LogP contribution is 2.43. The molecule has 180 valence electrons. The molecule has 2 aromatic heterocycles.